The number of ketones is 1. The van der Waals surface area contributed by atoms with Gasteiger partial charge in [-0.1, -0.05) is 0 Å². The molecule has 1 aromatic heterocycles. The summed E-state index contributed by atoms with van der Waals surface area (Å²) in [5.74, 6) is -1.81. The normalized spacial score (nSPS) is 15.0. The molecule has 2 heterocycles. The van der Waals surface area contributed by atoms with Crippen LogP contribution in [0.15, 0.2) is 18.2 Å². The van der Waals surface area contributed by atoms with Crippen molar-refractivity contribution in [3.8, 4) is 0 Å². The van der Waals surface area contributed by atoms with Crippen molar-refractivity contribution in [2.24, 2.45) is 0 Å². The molecule has 3 N–H and O–H groups in total. The molecule has 5 rings (SSSR count). The zero-order valence-electron chi connectivity index (χ0n) is 15.6. The highest BCUT2D eigenvalue weighted by atomic mass is 16.4. The molecular weight excluding hydrogens is 372 g/mol. The number of aryl methyl sites for hydroxylation is 1. The molecule has 2 aromatic carbocycles. The lowest BCUT2D eigenvalue weighted by atomic mass is 9.93. The number of carbonyl (C=O) groups excluding carboxylic acids is 3. The average Bonchev–Trinajstić information content (AvgIpc) is 3.36. The molecule has 0 atom stereocenters. The van der Waals surface area contributed by atoms with E-state index in [1.807, 2.05) is 6.07 Å². The summed E-state index contributed by atoms with van der Waals surface area (Å²) in [4.78, 5) is 51.6. The van der Waals surface area contributed by atoms with Crippen molar-refractivity contribution >= 4 is 45.4 Å². The van der Waals surface area contributed by atoms with Crippen LogP contribution in [0.5, 0.6) is 0 Å². The summed E-state index contributed by atoms with van der Waals surface area (Å²) >= 11 is 0. The average molecular weight is 390 g/mol. The van der Waals surface area contributed by atoms with Crippen molar-refractivity contribution in [1.82, 2.24) is 10.3 Å². The van der Waals surface area contributed by atoms with Gasteiger partial charge in [0.15, 0.2) is 5.78 Å². The van der Waals surface area contributed by atoms with Crippen LogP contribution in [0.25, 0.3) is 21.8 Å². The highest BCUT2D eigenvalue weighted by Crippen LogP contribution is 2.41. The van der Waals surface area contributed by atoms with Gasteiger partial charge in [0.2, 0.25) is 0 Å². The maximum Gasteiger partial charge on any atom is 0.303 e. The molecule has 0 saturated carbocycles. The molecule has 29 heavy (non-hydrogen) atoms. The molecule has 3 aromatic rings. The molecule has 0 bridgehead atoms. The van der Waals surface area contributed by atoms with E-state index in [4.69, 9.17) is 5.11 Å². The Hall–Kier alpha value is -3.48. The second kappa shape index (κ2) is 6.27. The molecule has 0 unspecified atom stereocenters. The van der Waals surface area contributed by atoms with E-state index in [9.17, 15) is 19.2 Å². The molecule has 7 nitrogen and oxygen atoms in total. The minimum atomic E-state index is -0.926. The van der Waals surface area contributed by atoms with Crippen molar-refractivity contribution < 1.29 is 24.3 Å². The number of hydrogen-bond acceptors (Lipinski definition) is 4. The van der Waals surface area contributed by atoms with Crippen LogP contribution in [0.1, 0.15) is 67.9 Å². The fourth-order valence-electron chi connectivity index (χ4n) is 4.67. The fraction of sp³-hybridized carbons (Fsp3) is 0.273. The molecule has 1 aliphatic heterocycles. The third-order valence-corrected chi connectivity index (χ3v) is 5.92. The van der Waals surface area contributed by atoms with E-state index in [2.05, 4.69) is 10.3 Å². The topological polar surface area (TPSA) is 116 Å². The van der Waals surface area contributed by atoms with Gasteiger partial charge in [-0.2, -0.15) is 0 Å². The van der Waals surface area contributed by atoms with Gasteiger partial charge < -0.3 is 10.1 Å². The largest absolute Gasteiger partial charge is 0.481 e. The van der Waals surface area contributed by atoms with E-state index >= 15 is 0 Å². The van der Waals surface area contributed by atoms with Gasteiger partial charge in [0.25, 0.3) is 11.8 Å². The molecule has 0 spiro atoms. The van der Waals surface area contributed by atoms with E-state index in [0.717, 1.165) is 46.8 Å². The number of rotatable bonds is 5. The highest BCUT2D eigenvalue weighted by Gasteiger charge is 2.36. The first kappa shape index (κ1) is 17.6. The Morgan fingerprint density at radius 1 is 1.00 bits per heavy atom. The van der Waals surface area contributed by atoms with E-state index in [0.29, 0.717) is 22.1 Å². The third-order valence-electron chi connectivity index (χ3n) is 5.92. The minimum absolute atomic E-state index is 0.0526. The first-order chi connectivity index (χ1) is 14.0. The van der Waals surface area contributed by atoms with Gasteiger partial charge in [-0.3, -0.25) is 24.5 Å². The molecule has 146 valence electrons. The maximum absolute atomic E-state index is 12.6. The Morgan fingerprint density at radius 2 is 1.76 bits per heavy atom. The Morgan fingerprint density at radius 3 is 2.55 bits per heavy atom. The lowest BCUT2D eigenvalue weighted by molar-refractivity contribution is -0.137. The first-order valence-electron chi connectivity index (χ1n) is 9.69. The first-order valence-corrected chi connectivity index (χ1v) is 9.69. The summed E-state index contributed by atoms with van der Waals surface area (Å²) in [6, 6.07) is 5.27. The number of aromatic nitrogens is 1. The number of aliphatic carboxylic acids is 1. The summed E-state index contributed by atoms with van der Waals surface area (Å²) < 4.78 is 0. The van der Waals surface area contributed by atoms with Crippen LogP contribution in [-0.4, -0.2) is 33.7 Å². The Kier molecular flexibility index (Phi) is 3.81. The molecule has 0 fully saturated rings. The van der Waals surface area contributed by atoms with Crippen LogP contribution in [0.4, 0.5) is 0 Å². The molecule has 2 aliphatic rings. The number of carboxylic acids is 1. The van der Waals surface area contributed by atoms with Crippen molar-refractivity contribution in [3.05, 3.63) is 46.0 Å². The number of carbonyl (C=O) groups is 4. The number of imide groups is 1. The predicted octanol–water partition coefficient (Wildman–Crippen LogP) is 3.13. The molecule has 0 radical (unpaired) electrons. The molecular formula is C22H18N2O5. The minimum Gasteiger partial charge on any atom is -0.481 e. The van der Waals surface area contributed by atoms with Crippen LogP contribution in [0.3, 0.4) is 0 Å². The van der Waals surface area contributed by atoms with Crippen LogP contribution < -0.4 is 5.32 Å². The van der Waals surface area contributed by atoms with Crippen molar-refractivity contribution in [2.75, 3.05) is 0 Å². The van der Waals surface area contributed by atoms with Crippen LogP contribution in [0.2, 0.25) is 0 Å². The predicted molar refractivity (Wildman–Crippen MR) is 105 cm³/mol. The van der Waals surface area contributed by atoms with Crippen molar-refractivity contribution in [2.45, 2.75) is 38.5 Å². The number of benzene rings is 2. The van der Waals surface area contributed by atoms with Crippen LogP contribution in [0, 0.1) is 0 Å². The van der Waals surface area contributed by atoms with Gasteiger partial charge in [-0.15, -0.1) is 0 Å². The van der Waals surface area contributed by atoms with Crippen LogP contribution >= 0.6 is 0 Å². The molecule has 1 aliphatic carbocycles. The SMILES string of the molecule is O=C(O)CCCC(=O)c1ccc2[nH]c3c4c(c5c(c3c2c1)C(=O)NC5=O)CCC4. The number of carboxylic acid groups (broad SMARTS) is 1. The lowest BCUT2D eigenvalue weighted by Gasteiger charge is -2.07. The van der Waals surface area contributed by atoms with E-state index < -0.39 is 11.9 Å². The molecule has 0 saturated heterocycles. The standard InChI is InChI=1S/C22H18N2O5/c25-15(5-2-6-16(26)27)10-7-8-14-13(9-10)17-19-18(21(28)24-22(19)29)11-3-1-4-12(11)20(17)23-14/h7-9,23H,1-6H2,(H,26,27)(H,24,28,29). The van der Waals surface area contributed by atoms with Gasteiger partial charge in [-0.05, 0) is 55.0 Å². The van der Waals surface area contributed by atoms with Gasteiger partial charge in [0.1, 0.15) is 0 Å². The highest BCUT2D eigenvalue weighted by molar-refractivity contribution is 6.31. The number of aromatic amines is 1. The molecule has 2 amide bonds. The van der Waals surface area contributed by atoms with Gasteiger partial charge >= 0.3 is 5.97 Å². The van der Waals surface area contributed by atoms with E-state index in [1.54, 1.807) is 12.1 Å². The number of hydrogen-bond donors (Lipinski definition) is 3. The smallest absolute Gasteiger partial charge is 0.303 e. The number of Topliss-reactive ketones (excluding diaryl/α,β-unsaturated/α-hetero) is 1. The zero-order chi connectivity index (χ0) is 20.3. The van der Waals surface area contributed by atoms with E-state index in [1.165, 1.54) is 0 Å². The van der Waals surface area contributed by atoms with Crippen LogP contribution in [-0.2, 0) is 17.6 Å². The van der Waals surface area contributed by atoms with Gasteiger partial charge in [-0.25, -0.2) is 0 Å². The Balaban J connectivity index is 1.70. The summed E-state index contributed by atoms with van der Waals surface area (Å²) in [6.45, 7) is 0. The summed E-state index contributed by atoms with van der Waals surface area (Å²) in [6.07, 6.45) is 2.92. The number of H-pyrrole nitrogens is 1. The Labute approximate surface area is 165 Å². The summed E-state index contributed by atoms with van der Waals surface area (Å²) in [5, 5.41) is 12.6. The number of fused-ring (bicyclic) bond motifs is 8. The second-order valence-electron chi connectivity index (χ2n) is 7.65. The van der Waals surface area contributed by atoms with Crippen molar-refractivity contribution in [1.29, 1.82) is 0 Å². The number of amides is 2. The van der Waals surface area contributed by atoms with Gasteiger partial charge in [0.05, 0.1) is 16.6 Å². The second-order valence-corrected chi connectivity index (χ2v) is 7.65. The number of nitrogens with one attached hydrogen (secondary N) is 2. The summed E-state index contributed by atoms with van der Waals surface area (Å²) in [5.41, 5.74) is 5.05. The molecule has 7 heteroatoms. The summed E-state index contributed by atoms with van der Waals surface area (Å²) in [7, 11) is 0. The third kappa shape index (κ3) is 2.57. The quantitative estimate of drug-likeness (QED) is 0.457. The van der Waals surface area contributed by atoms with Crippen molar-refractivity contribution in [3.63, 3.8) is 0 Å². The maximum atomic E-state index is 12.6. The van der Waals surface area contributed by atoms with Gasteiger partial charge in [0, 0.05) is 34.7 Å². The van der Waals surface area contributed by atoms with E-state index in [-0.39, 0.29) is 31.0 Å². The lowest BCUT2D eigenvalue weighted by Crippen LogP contribution is -2.20. The zero-order valence-corrected chi connectivity index (χ0v) is 15.6. The monoisotopic (exact) mass is 390 g/mol. The fourth-order valence-corrected chi connectivity index (χ4v) is 4.67. The Bertz CT molecular complexity index is 1270.